The van der Waals surface area contributed by atoms with E-state index in [1.165, 1.54) is 0 Å². The molecule has 0 spiro atoms. The van der Waals surface area contributed by atoms with Crippen LogP contribution in [-0.2, 0) is 0 Å². The fraction of sp³-hybridized carbons (Fsp3) is 0.364. The standard InChI is InChI=1S/C11H15NO2S/c1-3-10(11(12)15)14-9-6-4-5-8(7-9)13-2/h4-7,10H,3H2,1-2H3,(H2,12,15). The van der Waals surface area contributed by atoms with Crippen molar-refractivity contribution < 1.29 is 9.47 Å². The van der Waals surface area contributed by atoms with E-state index >= 15 is 0 Å². The highest BCUT2D eigenvalue weighted by molar-refractivity contribution is 7.80. The summed E-state index contributed by atoms with van der Waals surface area (Å²) in [7, 11) is 1.62. The lowest BCUT2D eigenvalue weighted by Gasteiger charge is -2.16. The number of rotatable bonds is 5. The topological polar surface area (TPSA) is 44.5 Å². The molecule has 0 aliphatic rings. The lowest BCUT2D eigenvalue weighted by Crippen LogP contribution is -2.31. The zero-order valence-electron chi connectivity index (χ0n) is 8.90. The van der Waals surface area contributed by atoms with Crippen LogP contribution >= 0.6 is 12.2 Å². The minimum atomic E-state index is -0.216. The van der Waals surface area contributed by atoms with Crippen molar-refractivity contribution in [3.63, 3.8) is 0 Å². The van der Waals surface area contributed by atoms with Crippen molar-refractivity contribution in [3.05, 3.63) is 24.3 Å². The van der Waals surface area contributed by atoms with Gasteiger partial charge >= 0.3 is 0 Å². The Hall–Kier alpha value is -1.29. The molecule has 1 rings (SSSR count). The van der Waals surface area contributed by atoms with Gasteiger partial charge in [0.05, 0.1) is 7.11 Å². The molecule has 0 saturated heterocycles. The van der Waals surface area contributed by atoms with Gasteiger partial charge in [-0.05, 0) is 18.6 Å². The van der Waals surface area contributed by atoms with Gasteiger partial charge in [0.2, 0.25) is 0 Å². The lowest BCUT2D eigenvalue weighted by molar-refractivity contribution is 0.262. The number of benzene rings is 1. The molecular weight excluding hydrogens is 210 g/mol. The summed E-state index contributed by atoms with van der Waals surface area (Å²) >= 11 is 4.90. The van der Waals surface area contributed by atoms with Gasteiger partial charge < -0.3 is 15.2 Å². The predicted molar refractivity (Wildman–Crippen MR) is 64.5 cm³/mol. The van der Waals surface area contributed by atoms with Gasteiger partial charge in [-0.25, -0.2) is 0 Å². The maximum atomic E-state index is 5.62. The highest BCUT2D eigenvalue weighted by atomic mass is 32.1. The first-order valence-corrected chi connectivity index (χ1v) is 5.18. The van der Waals surface area contributed by atoms with Crippen LogP contribution in [0.4, 0.5) is 0 Å². The van der Waals surface area contributed by atoms with Gasteiger partial charge in [0.25, 0.3) is 0 Å². The minimum Gasteiger partial charge on any atom is -0.497 e. The highest BCUT2D eigenvalue weighted by Gasteiger charge is 2.11. The minimum absolute atomic E-state index is 0.216. The normalized spacial score (nSPS) is 11.9. The van der Waals surface area contributed by atoms with Crippen LogP contribution in [0.3, 0.4) is 0 Å². The molecule has 15 heavy (non-hydrogen) atoms. The van der Waals surface area contributed by atoms with E-state index in [0.717, 1.165) is 12.2 Å². The fourth-order valence-electron chi connectivity index (χ4n) is 1.18. The van der Waals surface area contributed by atoms with Crippen LogP contribution in [0.1, 0.15) is 13.3 Å². The predicted octanol–water partition coefficient (Wildman–Crippen LogP) is 2.14. The van der Waals surface area contributed by atoms with E-state index in [2.05, 4.69) is 0 Å². The summed E-state index contributed by atoms with van der Waals surface area (Å²) in [5.74, 6) is 1.47. The Balaban J connectivity index is 2.74. The maximum Gasteiger partial charge on any atom is 0.148 e. The van der Waals surface area contributed by atoms with Crippen molar-refractivity contribution in [2.45, 2.75) is 19.4 Å². The molecule has 0 fully saturated rings. The van der Waals surface area contributed by atoms with E-state index in [4.69, 9.17) is 27.4 Å². The second kappa shape index (κ2) is 5.56. The molecule has 0 saturated carbocycles. The van der Waals surface area contributed by atoms with E-state index in [9.17, 15) is 0 Å². The Kier molecular flexibility index (Phi) is 4.37. The number of hydrogen-bond donors (Lipinski definition) is 1. The summed E-state index contributed by atoms with van der Waals surface area (Å²) in [6, 6.07) is 7.37. The maximum absolute atomic E-state index is 5.62. The van der Waals surface area contributed by atoms with Crippen LogP contribution in [0.25, 0.3) is 0 Å². The Bertz CT molecular complexity index is 341. The van der Waals surface area contributed by atoms with Gasteiger partial charge in [-0.15, -0.1) is 0 Å². The first kappa shape index (κ1) is 11.8. The van der Waals surface area contributed by atoms with Crippen molar-refractivity contribution in [3.8, 4) is 11.5 Å². The molecule has 1 aromatic carbocycles. The van der Waals surface area contributed by atoms with E-state index in [0.29, 0.717) is 10.7 Å². The quantitative estimate of drug-likeness (QED) is 0.780. The zero-order valence-corrected chi connectivity index (χ0v) is 9.71. The van der Waals surface area contributed by atoms with Crippen molar-refractivity contribution in [1.82, 2.24) is 0 Å². The third-order valence-corrected chi connectivity index (χ3v) is 2.27. The molecule has 3 nitrogen and oxygen atoms in total. The van der Waals surface area contributed by atoms with Crippen molar-refractivity contribution >= 4 is 17.2 Å². The Morgan fingerprint density at radius 3 is 2.67 bits per heavy atom. The molecular formula is C11H15NO2S. The van der Waals surface area contributed by atoms with Gasteiger partial charge in [0.1, 0.15) is 22.6 Å². The molecule has 0 aliphatic carbocycles. The smallest absolute Gasteiger partial charge is 0.148 e. The zero-order chi connectivity index (χ0) is 11.3. The first-order valence-electron chi connectivity index (χ1n) is 4.77. The van der Waals surface area contributed by atoms with Gasteiger partial charge in [0.15, 0.2) is 0 Å². The summed E-state index contributed by atoms with van der Waals surface area (Å²) < 4.78 is 10.7. The highest BCUT2D eigenvalue weighted by Crippen LogP contribution is 2.20. The monoisotopic (exact) mass is 225 g/mol. The Morgan fingerprint density at radius 1 is 1.47 bits per heavy atom. The van der Waals surface area contributed by atoms with E-state index in [1.807, 2.05) is 25.1 Å². The Labute approximate surface area is 95.2 Å². The molecule has 0 heterocycles. The second-order valence-corrected chi connectivity index (χ2v) is 3.57. The second-order valence-electron chi connectivity index (χ2n) is 3.10. The van der Waals surface area contributed by atoms with Gasteiger partial charge in [-0.1, -0.05) is 25.2 Å². The molecule has 1 aromatic rings. The van der Waals surface area contributed by atoms with Gasteiger partial charge in [-0.2, -0.15) is 0 Å². The first-order chi connectivity index (χ1) is 7.17. The van der Waals surface area contributed by atoms with Crippen LogP contribution < -0.4 is 15.2 Å². The SMILES string of the molecule is CCC(Oc1cccc(OC)c1)C(N)=S. The van der Waals surface area contributed by atoms with E-state index < -0.39 is 0 Å². The third-order valence-electron chi connectivity index (χ3n) is 2.01. The number of ether oxygens (including phenoxy) is 2. The molecule has 0 radical (unpaired) electrons. The Morgan fingerprint density at radius 2 is 2.13 bits per heavy atom. The molecule has 82 valence electrons. The number of thiocarbonyl (C=S) groups is 1. The summed E-state index contributed by atoms with van der Waals surface area (Å²) in [5.41, 5.74) is 5.54. The summed E-state index contributed by atoms with van der Waals surface area (Å²) in [4.78, 5) is 0.375. The molecule has 0 bridgehead atoms. The molecule has 4 heteroatoms. The van der Waals surface area contributed by atoms with Crippen molar-refractivity contribution in [2.24, 2.45) is 5.73 Å². The van der Waals surface area contributed by atoms with Crippen LogP contribution in [0, 0.1) is 0 Å². The van der Waals surface area contributed by atoms with Crippen LogP contribution in [-0.4, -0.2) is 18.2 Å². The van der Waals surface area contributed by atoms with Crippen molar-refractivity contribution in [1.29, 1.82) is 0 Å². The number of nitrogens with two attached hydrogens (primary N) is 1. The molecule has 0 amide bonds. The van der Waals surface area contributed by atoms with Gasteiger partial charge in [0, 0.05) is 6.07 Å². The average molecular weight is 225 g/mol. The van der Waals surface area contributed by atoms with Gasteiger partial charge in [-0.3, -0.25) is 0 Å². The average Bonchev–Trinajstić information content (AvgIpc) is 2.25. The molecule has 1 unspecified atom stereocenters. The van der Waals surface area contributed by atoms with Crippen LogP contribution in [0.2, 0.25) is 0 Å². The molecule has 0 aliphatic heterocycles. The van der Waals surface area contributed by atoms with E-state index in [1.54, 1.807) is 13.2 Å². The largest absolute Gasteiger partial charge is 0.497 e. The summed E-state index contributed by atoms with van der Waals surface area (Å²) in [6.45, 7) is 1.98. The molecule has 0 aromatic heterocycles. The van der Waals surface area contributed by atoms with Crippen LogP contribution in [0.5, 0.6) is 11.5 Å². The molecule has 1 atom stereocenters. The summed E-state index contributed by atoms with van der Waals surface area (Å²) in [6.07, 6.45) is 0.541. The number of methoxy groups -OCH3 is 1. The summed E-state index contributed by atoms with van der Waals surface area (Å²) in [5, 5.41) is 0. The third kappa shape index (κ3) is 3.40. The van der Waals surface area contributed by atoms with Crippen molar-refractivity contribution in [2.75, 3.05) is 7.11 Å². The fourth-order valence-corrected chi connectivity index (χ4v) is 1.40. The number of hydrogen-bond acceptors (Lipinski definition) is 3. The van der Waals surface area contributed by atoms with Crippen LogP contribution in [0.15, 0.2) is 24.3 Å². The lowest BCUT2D eigenvalue weighted by atomic mass is 10.2. The van der Waals surface area contributed by atoms with E-state index in [-0.39, 0.29) is 6.10 Å². The molecule has 2 N–H and O–H groups in total.